The first kappa shape index (κ1) is 49.5. The molecule has 0 fully saturated rings. The molecule has 0 aliphatic heterocycles. The van der Waals surface area contributed by atoms with E-state index in [0.717, 1.165) is 61.6 Å². The number of rotatable bonds is 7. The summed E-state index contributed by atoms with van der Waals surface area (Å²) in [6.45, 7) is 0. The average Bonchev–Trinajstić information content (AvgIpc) is 1.61. The summed E-state index contributed by atoms with van der Waals surface area (Å²) in [6.07, 6.45) is 0. The standard InChI is InChI=1S/C86H53N3/c1-3-23-56(24-4-1)87(59-41-45-69-67-31-13-19-37-75(67)85(79(69)52-59)83-71-33-15-9-27-63(71)64-28-10-16-34-72(64)83)61-43-47-81-77(50-61)78-51-62(44-48-82(78)89(81)58-40-39-54-21-7-8-22-55(54)49-58)88(57-25-5-2-6-26-57)60-42-46-70-68-32-14-20-38-76(68)86(80(70)53-60)84-73-35-17-11-29-65(73)66-30-12-18-36-74(66)84/h1-53H. The maximum absolute atomic E-state index is 2.47. The van der Waals surface area contributed by atoms with E-state index in [1.54, 1.807) is 0 Å². The number of benzene rings is 14. The van der Waals surface area contributed by atoms with E-state index in [1.165, 1.54) is 122 Å². The Hall–Kier alpha value is -11.8. The molecule has 19 rings (SSSR count). The van der Waals surface area contributed by atoms with Crippen molar-refractivity contribution in [2.45, 2.75) is 0 Å². The highest BCUT2D eigenvalue weighted by atomic mass is 15.2. The summed E-state index contributed by atoms with van der Waals surface area (Å²) in [5.41, 5.74) is 35.3. The van der Waals surface area contributed by atoms with E-state index in [-0.39, 0.29) is 0 Å². The van der Waals surface area contributed by atoms with E-state index in [9.17, 15) is 0 Å². The maximum atomic E-state index is 2.47. The summed E-state index contributed by atoms with van der Waals surface area (Å²) in [5.74, 6) is 0. The summed E-state index contributed by atoms with van der Waals surface area (Å²) >= 11 is 0. The molecule has 15 aromatic rings. The molecule has 0 radical (unpaired) electrons. The summed E-state index contributed by atoms with van der Waals surface area (Å²) in [6, 6.07) is 120. The summed E-state index contributed by atoms with van der Waals surface area (Å²) in [5, 5.41) is 4.74. The van der Waals surface area contributed by atoms with Crippen molar-refractivity contribution in [3.8, 4) is 50.2 Å². The zero-order valence-electron chi connectivity index (χ0n) is 48.4. The predicted octanol–water partition coefficient (Wildman–Crippen LogP) is 22.8. The second-order valence-corrected chi connectivity index (χ2v) is 23.8. The number of hydrogen-bond acceptors (Lipinski definition) is 2. The van der Waals surface area contributed by atoms with Gasteiger partial charge in [-0.05, 0) is 219 Å². The summed E-state index contributed by atoms with van der Waals surface area (Å²) in [4.78, 5) is 4.91. The Morgan fingerprint density at radius 3 is 0.854 bits per heavy atom. The van der Waals surface area contributed by atoms with Crippen molar-refractivity contribution in [3.05, 3.63) is 366 Å². The van der Waals surface area contributed by atoms with Gasteiger partial charge in [0.15, 0.2) is 0 Å². The SMILES string of the molecule is c1ccc(N(c2ccc3c(c2)C(=C2c4ccccc4-c4ccccc42)c2ccccc2-3)c2ccc3c(c2)c2cc(N(c4ccccc4)c4ccc5c(c4)C(=C4c6ccccc6-c6ccccc64)c4ccccc4-5)ccc2n3-c2ccc3ccccc3c2)cc1. The molecule has 3 heteroatoms. The zero-order chi connectivity index (χ0) is 58.3. The van der Waals surface area contributed by atoms with Crippen molar-refractivity contribution < 1.29 is 0 Å². The first-order valence-electron chi connectivity index (χ1n) is 30.8. The third-order valence-electron chi connectivity index (χ3n) is 19.2. The summed E-state index contributed by atoms with van der Waals surface area (Å²) < 4.78 is 2.47. The summed E-state index contributed by atoms with van der Waals surface area (Å²) in [7, 11) is 0. The number of aromatic nitrogens is 1. The van der Waals surface area contributed by atoms with Crippen molar-refractivity contribution in [1.29, 1.82) is 0 Å². The van der Waals surface area contributed by atoms with E-state index >= 15 is 0 Å². The normalized spacial score (nSPS) is 12.9. The molecule has 4 aliphatic carbocycles. The van der Waals surface area contributed by atoms with Crippen LogP contribution in [-0.2, 0) is 0 Å². The van der Waals surface area contributed by atoms with Gasteiger partial charge in [0.2, 0.25) is 0 Å². The van der Waals surface area contributed by atoms with Crippen LogP contribution >= 0.6 is 0 Å². The second-order valence-electron chi connectivity index (χ2n) is 23.8. The molecule has 0 saturated carbocycles. The quantitative estimate of drug-likeness (QED) is 0.158. The van der Waals surface area contributed by atoms with Gasteiger partial charge >= 0.3 is 0 Å². The van der Waals surface area contributed by atoms with Crippen molar-refractivity contribution >= 4 is 89.0 Å². The van der Waals surface area contributed by atoms with Gasteiger partial charge in [-0.2, -0.15) is 0 Å². The Morgan fingerprint density at radius 1 is 0.180 bits per heavy atom. The Kier molecular flexibility index (Phi) is 10.8. The number of nitrogens with zero attached hydrogens (tertiary/aromatic N) is 3. The third-order valence-corrected chi connectivity index (χ3v) is 19.2. The first-order valence-corrected chi connectivity index (χ1v) is 30.8. The lowest BCUT2D eigenvalue weighted by Gasteiger charge is -2.27. The highest BCUT2D eigenvalue weighted by Crippen LogP contribution is 2.58. The molecule has 0 N–H and O–H groups in total. The lowest BCUT2D eigenvalue weighted by molar-refractivity contribution is 1.18. The molecule has 0 spiro atoms. The van der Waals surface area contributed by atoms with E-state index in [4.69, 9.17) is 0 Å². The van der Waals surface area contributed by atoms with Crippen LogP contribution in [0.2, 0.25) is 0 Å². The van der Waals surface area contributed by atoms with Crippen LogP contribution in [0, 0.1) is 0 Å². The topological polar surface area (TPSA) is 11.4 Å². The van der Waals surface area contributed by atoms with Gasteiger partial charge in [0.05, 0.1) is 11.0 Å². The lowest BCUT2D eigenvalue weighted by Crippen LogP contribution is -2.10. The van der Waals surface area contributed by atoms with Crippen LogP contribution in [0.4, 0.5) is 34.1 Å². The second kappa shape index (κ2) is 19.4. The Labute approximate surface area is 516 Å². The van der Waals surface area contributed by atoms with E-state index in [0.29, 0.717) is 0 Å². The Morgan fingerprint density at radius 2 is 0.472 bits per heavy atom. The van der Waals surface area contributed by atoms with Gasteiger partial charge in [-0.3, -0.25) is 0 Å². The maximum Gasteiger partial charge on any atom is 0.0542 e. The molecule has 412 valence electrons. The molecule has 0 amide bonds. The molecule has 3 nitrogen and oxygen atoms in total. The van der Waals surface area contributed by atoms with Crippen molar-refractivity contribution in [2.75, 3.05) is 9.80 Å². The van der Waals surface area contributed by atoms with E-state index < -0.39 is 0 Å². The van der Waals surface area contributed by atoms with Gasteiger partial charge < -0.3 is 14.4 Å². The molecule has 0 bridgehead atoms. The number of anilines is 6. The van der Waals surface area contributed by atoms with Gasteiger partial charge in [-0.15, -0.1) is 0 Å². The zero-order valence-corrected chi connectivity index (χ0v) is 48.4. The number of fused-ring (bicyclic) bond motifs is 16. The van der Waals surface area contributed by atoms with Crippen LogP contribution in [0.1, 0.15) is 44.5 Å². The highest BCUT2D eigenvalue weighted by molar-refractivity contribution is 6.21. The van der Waals surface area contributed by atoms with Gasteiger partial charge in [-0.1, -0.05) is 224 Å². The lowest BCUT2D eigenvalue weighted by atomic mass is 9.91. The van der Waals surface area contributed by atoms with Crippen LogP contribution in [0.15, 0.2) is 322 Å². The molecular weight excluding hydrogens is 1070 g/mol. The largest absolute Gasteiger partial charge is 0.310 e. The van der Waals surface area contributed by atoms with Gasteiger partial charge in [0, 0.05) is 50.6 Å². The molecule has 14 aromatic carbocycles. The molecule has 4 aliphatic rings. The van der Waals surface area contributed by atoms with Crippen LogP contribution in [-0.4, -0.2) is 4.57 Å². The van der Waals surface area contributed by atoms with E-state index in [1.807, 2.05) is 0 Å². The van der Waals surface area contributed by atoms with E-state index in [2.05, 4.69) is 336 Å². The van der Waals surface area contributed by atoms with Gasteiger partial charge in [-0.25, -0.2) is 0 Å². The van der Waals surface area contributed by atoms with Crippen LogP contribution in [0.25, 0.3) is 105 Å². The Balaban J connectivity index is 0.825. The molecule has 1 heterocycles. The first-order chi connectivity index (χ1) is 44.2. The van der Waals surface area contributed by atoms with Crippen molar-refractivity contribution in [3.63, 3.8) is 0 Å². The fourth-order valence-electron chi connectivity index (χ4n) is 15.4. The Bertz CT molecular complexity index is 5160. The predicted molar refractivity (Wildman–Crippen MR) is 372 cm³/mol. The minimum Gasteiger partial charge on any atom is -0.310 e. The minimum absolute atomic E-state index is 1.07. The van der Waals surface area contributed by atoms with Crippen LogP contribution < -0.4 is 9.80 Å². The molecule has 0 saturated heterocycles. The van der Waals surface area contributed by atoms with Crippen molar-refractivity contribution in [2.24, 2.45) is 0 Å². The fraction of sp³-hybridized carbons (Fsp3) is 0. The molecular formula is C86H53N3. The molecule has 0 unspecified atom stereocenters. The molecule has 0 atom stereocenters. The van der Waals surface area contributed by atoms with Crippen LogP contribution in [0.3, 0.4) is 0 Å². The van der Waals surface area contributed by atoms with Gasteiger partial charge in [0.1, 0.15) is 0 Å². The van der Waals surface area contributed by atoms with Crippen molar-refractivity contribution in [1.82, 2.24) is 4.57 Å². The highest BCUT2D eigenvalue weighted by Gasteiger charge is 2.35. The smallest absolute Gasteiger partial charge is 0.0542 e. The number of hydrogen-bond donors (Lipinski definition) is 0. The minimum atomic E-state index is 1.07. The van der Waals surface area contributed by atoms with Gasteiger partial charge in [0.25, 0.3) is 0 Å². The third kappa shape index (κ3) is 7.40. The van der Waals surface area contributed by atoms with Crippen LogP contribution in [0.5, 0.6) is 0 Å². The fourth-order valence-corrected chi connectivity index (χ4v) is 15.4. The molecule has 89 heavy (non-hydrogen) atoms. The average molecular weight is 1130 g/mol. The monoisotopic (exact) mass is 1130 g/mol. The number of para-hydroxylation sites is 2. The molecule has 1 aromatic heterocycles.